The van der Waals surface area contributed by atoms with Crippen LogP contribution in [0.5, 0.6) is 0 Å². The van der Waals surface area contributed by atoms with E-state index in [1.807, 2.05) is 20.8 Å². The highest BCUT2D eigenvalue weighted by atomic mass is 19.4. The zero-order chi connectivity index (χ0) is 17.4. The molecule has 0 bridgehead atoms. The highest BCUT2D eigenvalue weighted by Gasteiger charge is 2.37. The number of hydrogen-bond acceptors (Lipinski definition) is 3. The smallest absolute Gasteiger partial charge is 0.350 e. The first-order valence-corrected chi connectivity index (χ1v) is 7.20. The van der Waals surface area contributed by atoms with Crippen molar-refractivity contribution in [2.45, 2.75) is 38.9 Å². The molecular formula is C14H19F3N4O2. The molecule has 0 radical (unpaired) electrons. The Morgan fingerprint density at radius 3 is 2.57 bits per heavy atom. The van der Waals surface area contributed by atoms with Crippen molar-refractivity contribution < 1.29 is 22.8 Å². The summed E-state index contributed by atoms with van der Waals surface area (Å²) in [6.07, 6.45) is -4.26. The fourth-order valence-electron chi connectivity index (χ4n) is 2.48. The first-order chi connectivity index (χ1) is 10.5. The van der Waals surface area contributed by atoms with Crippen molar-refractivity contribution in [3.8, 4) is 0 Å². The van der Waals surface area contributed by atoms with Crippen LogP contribution < -0.4 is 5.32 Å². The summed E-state index contributed by atoms with van der Waals surface area (Å²) in [6.45, 7) is 6.50. The Morgan fingerprint density at radius 2 is 2.09 bits per heavy atom. The summed E-state index contributed by atoms with van der Waals surface area (Å²) in [5.74, 6) is -0.749. The van der Waals surface area contributed by atoms with Crippen LogP contribution in [0.2, 0.25) is 0 Å². The summed E-state index contributed by atoms with van der Waals surface area (Å²) in [5.41, 5.74) is -1.69. The Bertz CT molecular complexity index is 604. The number of carbonyl (C=O) groups excluding carboxylic acids is 2. The van der Waals surface area contributed by atoms with Gasteiger partial charge in [-0.25, -0.2) is 0 Å². The molecule has 1 aromatic rings. The number of likely N-dealkylation sites (tertiary alicyclic amines) is 1. The van der Waals surface area contributed by atoms with Gasteiger partial charge < -0.3 is 10.2 Å². The van der Waals surface area contributed by atoms with Crippen molar-refractivity contribution in [2.75, 3.05) is 13.1 Å². The number of carbonyl (C=O) groups is 2. The number of H-pyrrole nitrogens is 1. The lowest BCUT2D eigenvalue weighted by Crippen LogP contribution is -2.42. The number of hydrogen-bond donors (Lipinski definition) is 2. The molecule has 0 aromatic carbocycles. The lowest BCUT2D eigenvalue weighted by molar-refractivity contribution is -0.141. The van der Waals surface area contributed by atoms with E-state index in [4.69, 9.17) is 0 Å². The minimum atomic E-state index is -4.57. The molecule has 1 fully saturated rings. The molecule has 9 heteroatoms. The number of aromatic amines is 1. The normalized spacial score (nSPS) is 19.3. The maximum atomic E-state index is 12.4. The molecule has 23 heavy (non-hydrogen) atoms. The van der Waals surface area contributed by atoms with Gasteiger partial charge in [0, 0.05) is 37.0 Å². The summed E-state index contributed by atoms with van der Waals surface area (Å²) in [5, 5.41) is 7.68. The van der Waals surface area contributed by atoms with Crippen molar-refractivity contribution in [2.24, 2.45) is 5.92 Å². The first-order valence-electron chi connectivity index (χ1n) is 7.20. The third-order valence-corrected chi connectivity index (χ3v) is 3.68. The first kappa shape index (κ1) is 17.3. The molecule has 2 heterocycles. The number of nitrogens with one attached hydrogen (secondary N) is 2. The van der Waals surface area contributed by atoms with Gasteiger partial charge in [0.1, 0.15) is 5.69 Å². The predicted octanol–water partition coefficient (Wildman–Crippen LogP) is 1.81. The molecule has 0 unspecified atom stereocenters. The molecule has 1 aromatic heterocycles. The molecule has 1 aliphatic heterocycles. The Morgan fingerprint density at radius 1 is 1.43 bits per heavy atom. The molecule has 0 aliphatic carbocycles. The monoisotopic (exact) mass is 332 g/mol. The van der Waals surface area contributed by atoms with Gasteiger partial charge in [-0.1, -0.05) is 0 Å². The number of amides is 2. The SMILES string of the molecule is CC(C)(C)N1C[C@H](CNC(=O)c2cc(C(F)(F)F)[nH]n2)CC1=O. The van der Waals surface area contributed by atoms with Gasteiger partial charge in [0.2, 0.25) is 5.91 Å². The highest BCUT2D eigenvalue weighted by Crippen LogP contribution is 2.28. The van der Waals surface area contributed by atoms with Gasteiger partial charge in [0.25, 0.3) is 5.91 Å². The van der Waals surface area contributed by atoms with E-state index in [-0.39, 0.29) is 29.6 Å². The molecule has 6 nitrogen and oxygen atoms in total. The minimum Gasteiger partial charge on any atom is -0.350 e. The van der Waals surface area contributed by atoms with Crippen LogP contribution in [-0.2, 0) is 11.0 Å². The maximum absolute atomic E-state index is 12.4. The lowest BCUT2D eigenvalue weighted by atomic mass is 10.1. The van der Waals surface area contributed by atoms with E-state index in [2.05, 4.69) is 10.4 Å². The second kappa shape index (κ2) is 5.86. The van der Waals surface area contributed by atoms with Crippen LogP contribution >= 0.6 is 0 Å². The van der Waals surface area contributed by atoms with Crippen molar-refractivity contribution in [3.05, 3.63) is 17.5 Å². The molecule has 128 valence electrons. The molecule has 2 N–H and O–H groups in total. The summed E-state index contributed by atoms with van der Waals surface area (Å²) < 4.78 is 37.3. The van der Waals surface area contributed by atoms with Gasteiger partial charge in [-0.3, -0.25) is 14.7 Å². The molecule has 0 saturated carbocycles. The summed E-state index contributed by atoms with van der Waals surface area (Å²) >= 11 is 0. The van der Waals surface area contributed by atoms with Gasteiger partial charge in [-0.15, -0.1) is 0 Å². The second-order valence-corrected chi connectivity index (χ2v) is 6.62. The fourth-order valence-corrected chi connectivity index (χ4v) is 2.48. The van der Waals surface area contributed by atoms with E-state index in [9.17, 15) is 22.8 Å². The lowest BCUT2D eigenvalue weighted by Gasteiger charge is -2.32. The van der Waals surface area contributed by atoms with Gasteiger partial charge >= 0.3 is 6.18 Å². The van der Waals surface area contributed by atoms with E-state index in [0.29, 0.717) is 19.0 Å². The average Bonchev–Trinajstić information content (AvgIpc) is 3.01. The van der Waals surface area contributed by atoms with Gasteiger partial charge in [-0.05, 0) is 20.8 Å². The van der Waals surface area contributed by atoms with Crippen molar-refractivity contribution >= 4 is 11.8 Å². The predicted molar refractivity (Wildman–Crippen MR) is 75.5 cm³/mol. The van der Waals surface area contributed by atoms with Crippen molar-refractivity contribution in [1.82, 2.24) is 20.4 Å². The Hall–Kier alpha value is -2.06. The zero-order valence-corrected chi connectivity index (χ0v) is 13.1. The summed E-state index contributed by atoms with van der Waals surface area (Å²) in [6, 6.07) is 0.663. The number of rotatable bonds is 3. The molecule has 1 atom stereocenters. The fraction of sp³-hybridized carbons (Fsp3) is 0.643. The van der Waals surface area contributed by atoms with Crippen LogP contribution in [-0.4, -0.2) is 45.5 Å². The van der Waals surface area contributed by atoms with E-state index in [1.165, 1.54) is 0 Å². The van der Waals surface area contributed by atoms with Crippen LogP contribution in [0.1, 0.15) is 43.4 Å². The maximum Gasteiger partial charge on any atom is 0.432 e. The van der Waals surface area contributed by atoms with E-state index < -0.39 is 17.8 Å². The van der Waals surface area contributed by atoms with Crippen LogP contribution in [0.3, 0.4) is 0 Å². The Labute approximate surface area is 131 Å². The molecule has 2 rings (SSSR count). The number of aromatic nitrogens is 2. The Kier molecular flexibility index (Phi) is 4.41. The van der Waals surface area contributed by atoms with E-state index in [1.54, 1.807) is 10.00 Å². The number of alkyl halides is 3. The van der Waals surface area contributed by atoms with Crippen LogP contribution in [0.15, 0.2) is 6.07 Å². The zero-order valence-electron chi connectivity index (χ0n) is 13.1. The van der Waals surface area contributed by atoms with E-state index >= 15 is 0 Å². The Balaban J connectivity index is 1.91. The van der Waals surface area contributed by atoms with Gasteiger partial charge in [-0.2, -0.15) is 18.3 Å². The van der Waals surface area contributed by atoms with E-state index in [0.717, 1.165) is 0 Å². The number of halogens is 3. The van der Waals surface area contributed by atoms with Crippen LogP contribution in [0.4, 0.5) is 13.2 Å². The molecule has 0 spiro atoms. The largest absolute Gasteiger partial charge is 0.432 e. The molecule has 2 amide bonds. The van der Waals surface area contributed by atoms with Gasteiger partial charge in [0.15, 0.2) is 5.69 Å². The quantitative estimate of drug-likeness (QED) is 0.886. The summed E-state index contributed by atoms with van der Waals surface area (Å²) in [7, 11) is 0. The molecular weight excluding hydrogens is 313 g/mol. The number of nitrogens with zero attached hydrogens (tertiary/aromatic N) is 2. The standard InChI is InChI=1S/C14H19F3N4O2/c1-13(2,3)21-7-8(4-11(21)22)6-18-12(23)9-5-10(20-19-9)14(15,16)17/h5,8H,4,6-7H2,1-3H3,(H,18,23)(H,19,20)/t8-/m0/s1. The third kappa shape index (κ3) is 4.02. The minimum absolute atomic E-state index is 0.0101. The van der Waals surface area contributed by atoms with Crippen molar-refractivity contribution in [1.29, 1.82) is 0 Å². The van der Waals surface area contributed by atoms with Crippen LogP contribution in [0, 0.1) is 5.92 Å². The topological polar surface area (TPSA) is 78.1 Å². The third-order valence-electron chi connectivity index (χ3n) is 3.68. The second-order valence-electron chi connectivity index (χ2n) is 6.62. The van der Waals surface area contributed by atoms with Crippen LogP contribution in [0.25, 0.3) is 0 Å². The molecule has 1 saturated heterocycles. The highest BCUT2D eigenvalue weighted by molar-refractivity contribution is 5.92. The average molecular weight is 332 g/mol. The van der Waals surface area contributed by atoms with Gasteiger partial charge in [0.05, 0.1) is 0 Å². The van der Waals surface area contributed by atoms with Crippen molar-refractivity contribution in [3.63, 3.8) is 0 Å². The summed E-state index contributed by atoms with van der Waals surface area (Å²) in [4.78, 5) is 25.5. The molecule has 1 aliphatic rings.